The fourth-order valence-electron chi connectivity index (χ4n) is 1.67. The number of aromatic nitrogens is 4. The van der Waals surface area contributed by atoms with E-state index in [4.69, 9.17) is 0 Å². The van der Waals surface area contributed by atoms with Gasteiger partial charge < -0.3 is 5.32 Å². The molecule has 8 heteroatoms. The number of nitrogens with zero attached hydrogens (tertiary/aromatic N) is 4. The Balaban J connectivity index is 2.30. The molecule has 0 saturated carbocycles. The summed E-state index contributed by atoms with van der Waals surface area (Å²) >= 11 is 1.32. The quantitative estimate of drug-likeness (QED) is 0.881. The molecule has 0 atom stereocenters. The van der Waals surface area contributed by atoms with Gasteiger partial charge in [0.25, 0.3) is 5.91 Å². The van der Waals surface area contributed by atoms with Crippen molar-refractivity contribution in [2.75, 3.05) is 17.2 Å². The maximum Gasteiger partial charge on any atom is 0.278 e. The minimum Gasteiger partial charge on any atom is -0.382 e. The van der Waals surface area contributed by atoms with Crippen LogP contribution in [0.25, 0.3) is 0 Å². The lowest BCUT2D eigenvalue weighted by molar-refractivity contribution is 0.102. The van der Waals surface area contributed by atoms with Crippen LogP contribution in [-0.2, 0) is 0 Å². The topological polar surface area (TPSA) is 92.7 Å². The molecule has 0 unspecified atom stereocenters. The van der Waals surface area contributed by atoms with Gasteiger partial charge in [-0.2, -0.15) is 0 Å². The van der Waals surface area contributed by atoms with E-state index in [-0.39, 0.29) is 11.8 Å². The molecule has 0 radical (unpaired) electrons. The van der Waals surface area contributed by atoms with Crippen molar-refractivity contribution in [1.29, 1.82) is 0 Å². The van der Waals surface area contributed by atoms with Gasteiger partial charge in [-0.1, -0.05) is 25.2 Å². The smallest absolute Gasteiger partial charge is 0.278 e. The third-order valence-corrected chi connectivity index (χ3v) is 3.41. The molecule has 0 spiro atoms. The Bertz CT molecular complexity index is 639. The molecule has 2 heterocycles. The van der Waals surface area contributed by atoms with Gasteiger partial charge in [0.1, 0.15) is 10.8 Å². The van der Waals surface area contributed by atoms with E-state index in [9.17, 15) is 4.79 Å². The predicted octanol–water partition coefficient (Wildman–Crippen LogP) is 2.44. The number of hydrogen-bond acceptors (Lipinski definition) is 7. The highest BCUT2D eigenvalue weighted by atomic mass is 32.1. The van der Waals surface area contributed by atoms with Crippen LogP contribution in [0.1, 0.15) is 48.0 Å². The van der Waals surface area contributed by atoms with Gasteiger partial charge in [0.15, 0.2) is 5.69 Å². The molecule has 112 valence electrons. The fourth-order valence-corrected chi connectivity index (χ4v) is 2.26. The highest BCUT2D eigenvalue weighted by Crippen LogP contribution is 2.19. The zero-order valence-corrected chi connectivity index (χ0v) is 13.3. The number of hydrogen-bond donors (Lipinski definition) is 2. The third kappa shape index (κ3) is 3.72. The van der Waals surface area contributed by atoms with Crippen LogP contribution in [0.5, 0.6) is 0 Å². The summed E-state index contributed by atoms with van der Waals surface area (Å²) in [5, 5.41) is 14.8. The first-order valence-corrected chi connectivity index (χ1v) is 7.55. The van der Waals surface area contributed by atoms with E-state index in [2.05, 4.69) is 30.8 Å². The Morgan fingerprint density at radius 3 is 2.71 bits per heavy atom. The molecule has 0 saturated heterocycles. The molecule has 2 aromatic rings. The lowest BCUT2D eigenvalue weighted by Crippen LogP contribution is -2.18. The van der Waals surface area contributed by atoms with Gasteiger partial charge in [0.05, 0.1) is 11.9 Å². The molecule has 1 amide bonds. The average Bonchev–Trinajstić information content (AvgIpc) is 2.84. The van der Waals surface area contributed by atoms with Gasteiger partial charge >= 0.3 is 0 Å². The third-order valence-electron chi connectivity index (χ3n) is 2.65. The van der Waals surface area contributed by atoms with E-state index in [1.807, 2.05) is 27.7 Å². The number of carbonyl (C=O) groups is 1. The van der Waals surface area contributed by atoms with Crippen molar-refractivity contribution in [3.05, 3.63) is 22.7 Å². The first-order chi connectivity index (χ1) is 10.0. The normalized spacial score (nSPS) is 10.7. The standard InChI is InChI=1S/C13H18N6OS/c1-5-14-9-6-15-11(7(2)3)16-10(9)12(20)17-13-19-18-8(4)21-13/h6-7,14H,5H2,1-4H3,(H,17,19,20). The van der Waals surface area contributed by atoms with Gasteiger partial charge in [0.2, 0.25) is 5.13 Å². The van der Waals surface area contributed by atoms with Gasteiger partial charge in [-0.05, 0) is 13.8 Å². The number of rotatable bonds is 5. The molecule has 7 nitrogen and oxygen atoms in total. The van der Waals surface area contributed by atoms with E-state index in [1.54, 1.807) is 6.20 Å². The second-order valence-electron chi connectivity index (χ2n) is 4.76. The Kier molecular flexibility index (Phi) is 4.79. The number of amides is 1. The van der Waals surface area contributed by atoms with Gasteiger partial charge in [-0.15, -0.1) is 10.2 Å². The highest BCUT2D eigenvalue weighted by molar-refractivity contribution is 7.15. The van der Waals surface area contributed by atoms with Crippen molar-refractivity contribution in [2.24, 2.45) is 0 Å². The van der Waals surface area contributed by atoms with Crippen LogP contribution in [-0.4, -0.2) is 32.6 Å². The molecule has 0 aromatic carbocycles. The maximum absolute atomic E-state index is 12.4. The SMILES string of the molecule is CCNc1cnc(C(C)C)nc1C(=O)Nc1nnc(C)s1. The van der Waals surface area contributed by atoms with Gasteiger partial charge in [-0.25, -0.2) is 9.97 Å². The Morgan fingerprint density at radius 1 is 1.38 bits per heavy atom. The second-order valence-corrected chi connectivity index (χ2v) is 5.94. The lowest BCUT2D eigenvalue weighted by Gasteiger charge is -2.11. The number of aryl methyl sites for hydroxylation is 1. The molecular weight excluding hydrogens is 288 g/mol. The van der Waals surface area contributed by atoms with Crippen molar-refractivity contribution < 1.29 is 4.79 Å². The Labute approximate surface area is 127 Å². The number of carbonyl (C=O) groups excluding carboxylic acids is 1. The highest BCUT2D eigenvalue weighted by Gasteiger charge is 2.17. The summed E-state index contributed by atoms with van der Waals surface area (Å²) < 4.78 is 0. The molecule has 0 aliphatic rings. The van der Waals surface area contributed by atoms with E-state index < -0.39 is 0 Å². The van der Waals surface area contributed by atoms with Crippen LogP contribution in [0, 0.1) is 6.92 Å². The number of anilines is 2. The molecule has 2 rings (SSSR count). The van der Waals surface area contributed by atoms with Gasteiger partial charge in [0, 0.05) is 12.5 Å². The second kappa shape index (κ2) is 6.57. The van der Waals surface area contributed by atoms with Gasteiger partial charge in [-0.3, -0.25) is 10.1 Å². The van der Waals surface area contributed by atoms with Crippen LogP contribution in [0.2, 0.25) is 0 Å². The van der Waals surface area contributed by atoms with Crippen LogP contribution < -0.4 is 10.6 Å². The van der Waals surface area contributed by atoms with Crippen LogP contribution >= 0.6 is 11.3 Å². The van der Waals surface area contributed by atoms with Crippen LogP contribution in [0.4, 0.5) is 10.8 Å². The van der Waals surface area contributed by atoms with Crippen molar-refractivity contribution in [3.8, 4) is 0 Å². The van der Waals surface area contributed by atoms with Crippen LogP contribution in [0.3, 0.4) is 0 Å². The van der Waals surface area contributed by atoms with E-state index in [0.29, 0.717) is 28.9 Å². The molecule has 2 aromatic heterocycles. The Hall–Kier alpha value is -2.09. The van der Waals surface area contributed by atoms with Crippen molar-refractivity contribution in [3.63, 3.8) is 0 Å². The summed E-state index contributed by atoms with van der Waals surface area (Å²) in [7, 11) is 0. The monoisotopic (exact) mass is 306 g/mol. The summed E-state index contributed by atoms with van der Waals surface area (Å²) in [5.41, 5.74) is 0.934. The largest absolute Gasteiger partial charge is 0.382 e. The molecule has 0 aliphatic heterocycles. The first kappa shape index (κ1) is 15.3. The van der Waals surface area contributed by atoms with Crippen molar-refractivity contribution >= 4 is 28.1 Å². The fraction of sp³-hybridized carbons (Fsp3) is 0.462. The van der Waals surface area contributed by atoms with Crippen LogP contribution in [0.15, 0.2) is 6.20 Å². The number of nitrogens with one attached hydrogen (secondary N) is 2. The average molecular weight is 306 g/mol. The minimum atomic E-state index is -0.314. The molecule has 0 fully saturated rings. The summed E-state index contributed by atoms with van der Waals surface area (Å²) in [6.45, 7) is 8.43. The Morgan fingerprint density at radius 2 is 2.14 bits per heavy atom. The van der Waals surface area contributed by atoms with E-state index in [1.165, 1.54) is 11.3 Å². The summed E-state index contributed by atoms with van der Waals surface area (Å²) in [4.78, 5) is 21.0. The lowest BCUT2D eigenvalue weighted by atomic mass is 10.2. The van der Waals surface area contributed by atoms with Crippen molar-refractivity contribution in [1.82, 2.24) is 20.2 Å². The molecule has 0 aliphatic carbocycles. The summed E-state index contributed by atoms with van der Waals surface area (Å²) in [5.74, 6) is 0.470. The minimum absolute atomic E-state index is 0.149. The zero-order valence-electron chi connectivity index (χ0n) is 12.5. The first-order valence-electron chi connectivity index (χ1n) is 6.73. The molecule has 2 N–H and O–H groups in total. The molecular formula is C13H18N6OS. The maximum atomic E-state index is 12.4. The predicted molar refractivity (Wildman–Crippen MR) is 82.9 cm³/mol. The molecule has 0 bridgehead atoms. The van der Waals surface area contributed by atoms with Crippen molar-refractivity contribution in [2.45, 2.75) is 33.6 Å². The van der Waals surface area contributed by atoms with E-state index >= 15 is 0 Å². The summed E-state index contributed by atoms with van der Waals surface area (Å²) in [6, 6.07) is 0. The molecule has 21 heavy (non-hydrogen) atoms. The zero-order chi connectivity index (χ0) is 15.4. The summed E-state index contributed by atoms with van der Waals surface area (Å²) in [6.07, 6.45) is 1.64. The van der Waals surface area contributed by atoms with E-state index in [0.717, 1.165) is 5.01 Å².